The highest BCUT2D eigenvalue weighted by Gasteiger charge is 2.11. The summed E-state index contributed by atoms with van der Waals surface area (Å²) >= 11 is 0. The zero-order valence-corrected chi connectivity index (χ0v) is 15.1. The van der Waals surface area contributed by atoms with E-state index < -0.39 is 5.97 Å². The summed E-state index contributed by atoms with van der Waals surface area (Å²) in [5.74, 6) is -0.942. The number of aromatic hydroxyl groups is 1. The number of hydrogen-bond donors (Lipinski definition) is 1. The molecule has 0 unspecified atom stereocenters. The van der Waals surface area contributed by atoms with Crippen LogP contribution in [0.15, 0.2) is 36.4 Å². The molecule has 0 spiro atoms. The third-order valence-corrected chi connectivity index (χ3v) is 3.83. The molecule has 0 aliphatic carbocycles. The molecule has 1 N–H and O–H groups in total. The summed E-state index contributed by atoms with van der Waals surface area (Å²) in [7, 11) is 4.23. The van der Waals surface area contributed by atoms with Gasteiger partial charge >= 0.3 is 0 Å². The lowest BCUT2D eigenvalue weighted by molar-refractivity contribution is -0.304. The number of ether oxygens (including phenoxy) is 3. The van der Waals surface area contributed by atoms with Crippen molar-refractivity contribution in [1.29, 1.82) is 0 Å². The zero-order valence-electron chi connectivity index (χ0n) is 15.1. The van der Waals surface area contributed by atoms with Gasteiger partial charge in [-0.3, -0.25) is 4.79 Å². The molecular formula is C20H19O7-. The lowest BCUT2D eigenvalue weighted by Gasteiger charge is -2.10. The summed E-state index contributed by atoms with van der Waals surface area (Å²) in [6.45, 7) is 0. The molecule has 0 amide bonds. The second kappa shape index (κ2) is 8.75. The first-order chi connectivity index (χ1) is 12.9. The fourth-order valence-corrected chi connectivity index (χ4v) is 2.50. The van der Waals surface area contributed by atoms with E-state index in [1.54, 1.807) is 18.2 Å². The molecule has 0 saturated carbocycles. The number of allylic oxidation sites excluding steroid dienone is 1. The number of phenols is 1. The lowest BCUT2D eigenvalue weighted by Crippen LogP contribution is -2.24. The number of hydrogen-bond acceptors (Lipinski definition) is 7. The molecule has 0 aliphatic heterocycles. The van der Waals surface area contributed by atoms with Crippen LogP contribution in [0.1, 0.15) is 21.5 Å². The van der Waals surface area contributed by atoms with Gasteiger partial charge in [-0.2, -0.15) is 0 Å². The number of aliphatic carboxylic acids is 1. The summed E-state index contributed by atoms with van der Waals surface area (Å²) in [5, 5.41) is 20.8. The van der Waals surface area contributed by atoms with Gasteiger partial charge in [0.2, 0.25) is 5.75 Å². The number of carbonyl (C=O) groups excluding carboxylic acids is 2. The molecule has 0 radical (unpaired) electrons. The molecule has 0 aromatic heterocycles. The third kappa shape index (κ3) is 4.78. The van der Waals surface area contributed by atoms with Crippen LogP contribution in [-0.2, 0) is 11.2 Å². The SMILES string of the molecule is COc1ccc(C(=O)/C=C/c2cc(OC)c(O)c(OC)c2)cc1CC(=O)[O-]. The van der Waals surface area contributed by atoms with Gasteiger partial charge in [-0.05, 0) is 42.0 Å². The molecule has 0 heterocycles. The largest absolute Gasteiger partial charge is 0.550 e. The van der Waals surface area contributed by atoms with E-state index in [1.807, 2.05) is 0 Å². The summed E-state index contributed by atoms with van der Waals surface area (Å²) in [6.07, 6.45) is 2.51. The summed E-state index contributed by atoms with van der Waals surface area (Å²) in [4.78, 5) is 23.3. The number of carboxylic acids is 1. The second-order valence-electron chi connectivity index (χ2n) is 5.55. The molecule has 2 aromatic carbocycles. The number of carboxylic acid groups (broad SMARTS) is 1. The molecule has 7 heteroatoms. The van der Waals surface area contributed by atoms with Crippen LogP contribution in [0.3, 0.4) is 0 Å². The third-order valence-electron chi connectivity index (χ3n) is 3.83. The number of phenolic OH excluding ortho intramolecular Hbond substituents is 1. The molecule has 0 aliphatic rings. The van der Waals surface area contributed by atoms with E-state index >= 15 is 0 Å². The van der Waals surface area contributed by atoms with Gasteiger partial charge in [0.15, 0.2) is 17.3 Å². The summed E-state index contributed by atoms with van der Waals surface area (Å²) < 4.78 is 15.2. The van der Waals surface area contributed by atoms with Gasteiger partial charge < -0.3 is 29.2 Å². The number of methoxy groups -OCH3 is 3. The minimum atomic E-state index is -1.27. The highest BCUT2D eigenvalue weighted by atomic mass is 16.5. The molecule has 0 atom stereocenters. The summed E-state index contributed by atoms with van der Waals surface area (Å²) in [6, 6.07) is 7.64. The van der Waals surface area contributed by atoms with Crippen molar-refractivity contribution in [3.63, 3.8) is 0 Å². The van der Waals surface area contributed by atoms with Crippen molar-refractivity contribution in [1.82, 2.24) is 0 Å². The van der Waals surface area contributed by atoms with E-state index in [1.165, 1.54) is 45.6 Å². The Labute approximate surface area is 156 Å². The highest BCUT2D eigenvalue weighted by Crippen LogP contribution is 2.37. The maximum Gasteiger partial charge on any atom is 0.200 e. The molecule has 7 nitrogen and oxygen atoms in total. The molecule has 2 aromatic rings. The van der Waals surface area contributed by atoms with Gasteiger partial charge in [0.05, 0.1) is 21.3 Å². The van der Waals surface area contributed by atoms with Crippen molar-refractivity contribution in [2.45, 2.75) is 6.42 Å². The van der Waals surface area contributed by atoms with Crippen LogP contribution in [-0.4, -0.2) is 38.2 Å². The van der Waals surface area contributed by atoms with Crippen molar-refractivity contribution in [3.8, 4) is 23.0 Å². The fraction of sp³-hybridized carbons (Fsp3) is 0.200. The Balaban J connectivity index is 2.30. The number of ketones is 1. The van der Waals surface area contributed by atoms with E-state index in [0.717, 1.165) is 0 Å². The van der Waals surface area contributed by atoms with Gasteiger partial charge in [-0.25, -0.2) is 0 Å². The quantitative estimate of drug-likeness (QED) is 0.555. The smallest absolute Gasteiger partial charge is 0.200 e. The highest BCUT2D eigenvalue weighted by molar-refractivity contribution is 6.07. The molecule has 142 valence electrons. The minimum Gasteiger partial charge on any atom is -0.550 e. The van der Waals surface area contributed by atoms with Crippen LogP contribution < -0.4 is 19.3 Å². The zero-order chi connectivity index (χ0) is 20.0. The predicted octanol–water partition coefficient (Wildman–Crippen LogP) is 1.61. The van der Waals surface area contributed by atoms with Gasteiger partial charge in [0, 0.05) is 23.5 Å². The van der Waals surface area contributed by atoms with Crippen molar-refractivity contribution < 1.29 is 34.0 Å². The van der Waals surface area contributed by atoms with Crippen LogP contribution in [0.2, 0.25) is 0 Å². The van der Waals surface area contributed by atoms with Crippen LogP contribution >= 0.6 is 0 Å². The maximum absolute atomic E-state index is 12.4. The molecule has 0 bridgehead atoms. The number of carbonyl (C=O) groups is 2. The Hall–Kier alpha value is -3.48. The standard InChI is InChI=1S/C20H20O7/c1-25-16-7-5-13(10-14(16)11-19(22)23)15(21)6-4-12-8-17(26-2)20(24)18(9-12)27-3/h4-10,24H,11H2,1-3H3,(H,22,23)/p-1/b6-4+. The average molecular weight is 371 g/mol. The van der Waals surface area contributed by atoms with E-state index in [4.69, 9.17) is 14.2 Å². The summed E-state index contributed by atoms with van der Waals surface area (Å²) in [5.41, 5.74) is 1.24. The van der Waals surface area contributed by atoms with Crippen molar-refractivity contribution in [3.05, 3.63) is 53.1 Å². The lowest BCUT2D eigenvalue weighted by atomic mass is 10.0. The van der Waals surface area contributed by atoms with Crippen molar-refractivity contribution in [2.24, 2.45) is 0 Å². The number of benzene rings is 2. The van der Waals surface area contributed by atoms with E-state index in [-0.39, 0.29) is 29.5 Å². The van der Waals surface area contributed by atoms with Crippen LogP contribution in [0.4, 0.5) is 0 Å². The van der Waals surface area contributed by atoms with E-state index in [2.05, 4.69) is 0 Å². The molecule has 2 rings (SSSR count). The molecule has 0 fully saturated rings. The van der Waals surface area contributed by atoms with Crippen LogP contribution in [0.5, 0.6) is 23.0 Å². The van der Waals surface area contributed by atoms with E-state index in [0.29, 0.717) is 22.4 Å². The van der Waals surface area contributed by atoms with Crippen molar-refractivity contribution >= 4 is 17.8 Å². The van der Waals surface area contributed by atoms with Gasteiger partial charge in [-0.1, -0.05) is 6.08 Å². The van der Waals surface area contributed by atoms with Crippen LogP contribution in [0, 0.1) is 0 Å². The second-order valence-corrected chi connectivity index (χ2v) is 5.55. The molecular weight excluding hydrogens is 352 g/mol. The van der Waals surface area contributed by atoms with Crippen LogP contribution in [0.25, 0.3) is 6.08 Å². The fourth-order valence-electron chi connectivity index (χ4n) is 2.50. The first-order valence-electron chi connectivity index (χ1n) is 7.93. The Kier molecular flexibility index (Phi) is 6.43. The maximum atomic E-state index is 12.4. The Morgan fingerprint density at radius 1 is 1.00 bits per heavy atom. The van der Waals surface area contributed by atoms with Gasteiger partial charge in [0.1, 0.15) is 5.75 Å². The number of rotatable bonds is 8. The predicted molar refractivity (Wildman–Crippen MR) is 96.3 cm³/mol. The molecule has 27 heavy (non-hydrogen) atoms. The normalized spacial score (nSPS) is 10.6. The Morgan fingerprint density at radius 2 is 1.59 bits per heavy atom. The van der Waals surface area contributed by atoms with Gasteiger partial charge in [0.25, 0.3) is 0 Å². The molecule has 0 saturated heterocycles. The minimum absolute atomic E-state index is 0.134. The first-order valence-corrected chi connectivity index (χ1v) is 7.93. The topological polar surface area (TPSA) is 105 Å². The average Bonchev–Trinajstić information content (AvgIpc) is 2.66. The monoisotopic (exact) mass is 371 g/mol. The van der Waals surface area contributed by atoms with Crippen molar-refractivity contribution in [2.75, 3.05) is 21.3 Å². The Bertz CT molecular complexity index is 859. The first kappa shape index (κ1) is 19.8. The van der Waals surface area contributed by atoms with E-state index in [9.17, 15) is 19.8 Å². The van der Waals surface area contributed by atoms with Gasteiger partial charge in [-0.15, -0.1) is 0 Å². The Morgan fingerprint density at radius 3 is 2.11 bits per heavy atom.